The predicted octanol–water partition coefficient (Wildman–Crippen LogP) is 25.3. The summed E-state index contributed by atoms with van der Waals surface area (Å²) in [6.45, 7) is 9.44. The summed E-state index contributed by atoms with van der Waals surface area (Å²) in [7, 11) is 0. The third-order valence-electron chi connectivity index (χ3n) is 20.9. The van der Waals surface area contributed by atoms with Crippen molar-refractivity contribution in [3.05, 3.63) is 353 Å². The summed E-state index contributed by atoms with van der Waals surface area (Å²) in [5, 5.41) is 7.83. The van der Waals surface area contributed by atoms with Crippen molar-refractivity contribution in [2.24, 2.45) is 0 Å². The molecule has 3 nitrogen and oxygen atoms in total. The van der Waals surface area contributed by atoms with Gasteiger partial charge in [-0.2, -0.15) is 0 Å². The highest BCUT2D eigenvalue weighted by atomic mass is 79.9. The Bertz CT molecular complexity index is 5920. The van der Waals surface area contributed by atoms with Crippen LogP contribution in [0.5, 0.6) is 0 Å². The molecule has 0 fully saturated rings. The van der Waals surface area contributed by atoms with E-state index in [0.29, 0.717) is 0 Å². The molecule has 3 heterocycles. The van der Waals surface area contributed by atoms with Gasteiger partial charge in [-0.15, -0.1) is 0 Å². The van der Waals surface area contributed by atoms with Crippen molar-refractivity contribution in [1.82, 2.24) is 13.7 Å². The number of fused-ring (bicyclic) bond motifs is 20. The Labute approximate surface area is 569 Å². The zero-order chi connectivity index (χ0) is 63.7. The summed E-state index contributed by atoms with van der Waals surface area (Å²) in [6.07, 6.45) is 1.00. The number of benzene rings is 14. The molecule has 4 heteroatoms. The van der Waals surface area contributed by atoms with Crippen LogP contribution in [0.15, 0.2) is 320 Å². The van der Waals surface area contributed by atoms with Gasteiger partial charge in [-0.1, -0.05) is 288 Å². The minimum atomic E-state index is -0.0632. The smallest absolute Gasteiger partial charge is 0.0641 e. The first kappa shape index (κ1) is 58.8. The Morgan fingerprint density at radius 2 is 0.677 bits per heavy atom. The second-order valence-electron chi connectivity index (χ2n) is 26.8. The van der Waals surface area contributed by atoms with Gasteiger partial charge in [-0.25, -0.2) is 0 Å². The standard InChI is InChI=1S/C45H32N2.C34H25N.C12H9Br.CH4/c1-45(2)38-17-9-6-14-33(38)34-25-24-32(28-39(34)45)46-41-19-11-8-16-37(41)43-42(46)27-26-36-35-15-7-10-18-40(35)47(44(36)43)31-22-20-30(21-23-31)29-12-4-3-5-13-29;1-34(2)29-13-7-5-11-25(29)26-16-15-22(20-30(26)34)35-31-14-8-6-12-27(31)33-28-19-21-9-3-4-10-23(21)24(28)17-18-32(33)35;13-12-8-6-11(7-9-12)10-4-2-1-3-5-10;/h3-28H,1-2H3;3-18,20H,19H2,1-2H3;1-9H;1H4. The summed E-state index contributed by atoms with van der Waals surface area (Å²) in [5.41, 5.74) is 32.7. The molecule has 3 aliphatic carbocycles. The van der Waals surface area contributed by atoms with Gasteiger partial charge >= 0.3 is 0 Å². The Balaban J connectivity index is 0.000000124. The minimum absolute atomic E-state index is 0. The SMILES string of the molecule is Brc1ccc(-c2ccccc2)cc1.C.CC1(C)c2ccccc2-c2ccc(-n3c4ccccc4c4c3ccc3c5ccccc5n(-c5ccc(-c6ccccc6)cc5)c34)cc21.CC1(C)c2ccccc2-c2ccc(-n3c4ccccc4c4c5c(ccc43)-c3ccccc3C5)cc21. The first-order valence-corrected chi connectivity index (χ1v) is 33.9. The molecule has 0 spiro atoms. The van der Waals surface area contributed by atoms with Gasteiger partial charge in [-0.3, -0.25) is 0 Å². The Hall–Kier alpha value is -11.0. The molecule has 0 saturated heterocycles. The number of hydrogen-bond acceptors (Lipinski definition) is 0. The number of rotatable bonds is 5. The van der Waals surface area contributed by atoms with E-state index < -0.39 is 0 Å². The van der Waals surface area contributed by atoms with Gasteiger partial charge in [-0.05, 0) is 174 Å². The molecule has 3 aliphatic rings. The summed E-state index contributed by atoms with van der Waals surface area (Å²) in [6, 6.07) is 115. The van der Waals surface area contributed by atoms with Crippen LogP contribution >= 0.6 is 15.9 Å². The van der Waals surface area contributed by atoms with Crippen LogP contribution in [0.25, 0.3) is 138 Å². The van der Waals surface area contributed by atoms with Crippen LogP contribution in [0.3, 0.4) is 0 Å². The molecule has 0 saturated carbocycles. The molecular weight excluding hydrogens is 1230 g/mol. The van der Waals surface area contributed by atoms with Crippen molar-refractivity contribution >= 4 is 81.3 Å². The quantitative estimate of drug-likeness (QED) is 0.163. The van der Waals surface area contributed by atoms with Gasteiger partial charge in [0.05, 0.1) is 33.1 Å². The van der Waals surface area contributed by atoms with Crippen LogP contribution in [-0.2, 0) is 17.3 Å². The lowest BCUT2D eigenvalue weighted by atomic mass is 9.82. The highest BCUT2D eigenvalue weighted by Gasteiger charge is 2.37. The average Bonchev–Trinajstić information content (AvgIpc) is 1.56. The van der Waals surface area contributed by atoms with Crippen molar-refractivity contribution in [3.8, 4) is 72.7 Å². The van der Waals surface area contributed by atoms with Crippen LogP contribution in [-0.4, -0.2) is 13.7 Å². The topological polar surface area (TPSA) is 14.8 Å². The molecule has 0 radical (unpaired) electrons. The lowest BCUT2D eigenvalue weighted by Gasteiger charge is -2.22. The fourth-order valence-corrected chi connectivity index (χ4v) is 16.7. The lowest BCUT2D eigenvalue weighted by molar-refractivity contribution is 0.660. The van der Waals surface area contributed by atoms with Crippen LogP contribution in [0.2, 0.25) is 0 Å². The molecule has 0 amide bonds. The van der Waals surface area contributed by atoms with Gasteiger partial charge in [0.15, 0.2) is 0 Å². The van der Waals surface area contributed by atoms with Gasteiger partial charge < -0.3 is 13.7 Å². The van der Waals surface area contributed by atoms with Crippen molar-refractivity contribution in [2.45, 2.75) is 52.4 Å². The normalized spacial score (nSPS) is 13.3. The fraction of sp³-hybridized carbons (Fsp3) is 0.0870. The summed E-state index contributed by atoms with van der Waals surface area (Å²) in [4.78, 5) is 0. The third-order valence-corrected chi connectivity index (χ3v) is 21.5. The van der Waals surface area contributed by atoms with E-state index in [-0.39, 0.29) is 18.3 Å². The van der Waals surface area contributed by atoms with E-state index in [4.69, 9.17) is 0 Å². The van der Waals surface area contributed by atoms with E-state index in [0.717, 1.165) is 16.6 Å². The molecule has 0 bridgehead atoms. The maximum absolute atomic E-state index is 3.42. The average molecular weight is 1300 g/mol. The van der Waals surface area contributed by atoms with Crippen LogP contribution < -0.4 is 0 Å². The monoisotopic (exact) mass is 1300 g/mol. The molecular formula is C92H70BrN3. The van der Waals surface area contributed by atoms with E-state index in [1.807, 2.05) is 6.07 Å². The summed E-state index contributed by atoms with van der Waals surface area (Å²) in [5.74, 6) is 0. The lowest BCUT2D eigenvalue weighted by Crippen LogP contribution is -2.15. The zero-order valence-corrected chi connectivity index (χ0v) is 55.0. The van der Waals surface area contributed by atoms with Gasteiger partial charge in [0.25, 0.3) is 0 Å². The number of hydrogen-bond donors (Lipinski definition) is 0. The molecule has 17 aromatic rings. The number of aromatic nitrogens is 3. The van der Waals surface area contributed by atoms with Crippen LogP contribution in [0.1, 0.15) is 68.5 Å². The van der Waals surface area contributed by atoms with Crippen molar-refractivity contribution in [1.29, 1.82) is 0 Å². The second-order valence-corrected chi connectivity index (χ2v) is 27.7. The minimum Gasteiger partial charge on any atom is -0.309 e. The highest BCUT2D eigenvalue weighted by Crippen LogP contribution is 2.53. The number of nitrogens with zero attached hydrogens (tertiary/aromatic N) is 3. The van der Waals surface area contributed by atoms with E-state index in [2.05, 4.69) is 367 Å². The first-order valence-electron chi connectivity index (χ1n) is 33.1. The summed E-state index contributed by atoms with van der Waals surface area (Å²) < 4.78 is 8.55. The number of para-hydroxylation sites is 3. The zero-order valence-electron chi connectivity index (χ0n) is 53.4. The molecule has 0 atom stereocenters. The van der Waals surface area contributed by atoms with Crippen molar-refractivity contribution in [3.63, 3.8) is 0 Å². The largest absolute Gasteiger partial charge is 0.309 e. The Morgan fingerprint density at radius 1 is 0.281 bits per heavy atom. The fourth-order valence-electron chi connectivity index (χ4n) is 16.4. The Morgan fingerprint density at radius 3 is 1.24 bits per heavy atom. The van der Waals surface area contributed by atoms with Gasteiger partial charge in [0.2, 0.25) is 0 Å². The van der Waals surface area contributed by atoms with Crippen LogP contribution in [0, 0.1) is 0 Å². The predicted molar refractivity (Wildman–Crippen MR) is 411 cm³/mol. The maximum atomic E-state index is 3.42. The molecule has 0 N–H and O–H groups in total. The van der Waals surface area contributed by atoms with Crippen molar-refractivity contribution < 1.29 is 0 Å². The van der Waals surface area contributed by atoms with Crippen LogP contribution in [0.4, 0.5) is 0 Å². The summed E-state index contributed by atoms with van der Waals surface area (Å²) >= 11 is 3.42. The van der Waals surface area contributed by atoms with E-state index in [9.17, 15) is 0 Å². The molecule has 0 aliphatic heterocycles. The molecule has 460 valence electrons. The van der Waals surface area contributed by atoms with E-state index in [1.54, 1.807) is 0 Å². The van der Waals surface area contributed by atoms with Gasteiger partial charge in [0, 0.05) is 64.7 Å². The van der Waals surface area contributed by atoms with Gasteiger partial charge in [0.1, 0.15) is 0 Å². The highest BCUT2D eigenvalue weighted by molar-refractivity contribution is 9.10. The molecule has 3 aromatic heterocycles. The first-order chi connectivity index (χ1) is 46.6. The molecule has 96 heavy (non-hydrogen) atoms. The third kappa shape index (κ3) is 9.14. The second kappa shape index (κ2) is 22.9. The number of halogens is 1. The molecule has 14 aromatic carbocycles. The maximum Gasteiger partial charge on any atom is 0.0641 e. The molecule has 0 unspecified atom stereocenters. The molecule has 20 rings (SSSR count). The van der Waals surface area contributed by atoms with Crippen molar-refractivity contribution in [2.75, 3.05) is 0 Å². The Kier molecular flexibility index (Phi) is 14.0. The van der Waals surface area contributed by atoms with E-state index >= 15 is 0 Å². The van der Waals surface area contributed by atoms with E-state index in [1.165, 1.54) is 166 Å².